The fourth-order valence-corrected chi connectivity index (χ4v) is 2.51. The first-order chi connectivity index (χ1) is 10.1. The van der Waals surface area contributed by atoms with Gasteiger partial charge in [-0.15, -0.1) is 0 Å². The van der Waals surface area contributed by atoms with Crippen LogP contribution in [0.2, 0.25) is 0 Å². The molecule has 21 heavy (non-hydrogen) atoms. The van der Waals surface area contributed by atoms with Crippen LogP contribution in [-0.2, 0) is 0 Å². The summed E-state index contributed by atoms with van der Waals surface area (Å²) in [7, 11) is 0. The minimum Gasteiger partial charge on any atom is -0.460 e. The lowest BCUT2D eigenvalue weighted by molar-refractivity contribution is 0.578. The van der Waals surface area contributed by atoms with Gasteiger partial charge in [-0.25, -0.2) is 0 Å². The zero-order valence-corrected chi connectivity index (χ0v) is 12.9. The number of nitriles is 1. The van der Waals surface area contributed by atoms with Crippen molar-refractivity contribution in [3.63, 3.8) is 0 Å². The predicted molar refractivity (Wildman–Crippen MR) is 87.5 cm³/mol. The Morgan fingerprint density at radius 1 is 1.24 bits per heavy atom. The fraction of sp³-hybridized carbons (Fsp3) is 0.0625. The van der Waals surface area contributed by atoms with E-state index < -0.39 is 0 Å². The topological polar surface area (TPSA) is 75.0 Å². The van der Waals surface area contributed by atoms with Crippen LogP contribution in [-0.4, -0.2) is 0 Å². The highest BCUT2D eigenvalue weighted by Gasteiger charge is 2.14. The maximum atomic E-state index is 9.19. The van der Waals surface area contributed by atoms with E-state index in [-0.39, 0.29) is 0 Å². The molecule has 0 aliphatic rings. The molecule has 5 heteroatoms. The molecule has 0 aliphatic heterocycles. The molecule has 3 rings (SSSR count). The molecule has 3 aromatic rings. The van der Waals surface area contributed by atoms with Crippen molar-refractivity contribution >= 4 is 44.0 Å². The monoisotopic (exact) mass is 341 g/mol. The normalized spacial score (nSPS) is 10.5. The molecule has 0 saturated carbocycles. The number of aryl methyl sites for hydroxylation is 1. The summed E-state index contributed by atoms with van der Waals surface area (Å²) in [6.07, 6.45) is 0. The zero-order chi connectivity index (χ0) is 15.0. The van der Waals surface area contributed by atoms with Crippen LogP contribution in [0.1, 0.15) is 11.3 Å². The van der Waals surface area contributed by atoms with E-state index in [4.69, 9.17) is 10.2 Å². The smallest absolute Gasteiger partial charge is 0.154 e. The summed E-state index contributed by atoms with van der Waals surface area (Å²) in [6.45, 7) is 1.85. The Morgan fingerprint density at radius 2 is 1.95 bits per heavy atom. The van der Waals surface area contributed by atoms with Crippen LogP contribution in [0.5, 0.6) is 0 Å². The van der Waals surface area contributed by atoms with Crippen molar-refractivity contribution in [1.82, 2.24) is 0 Å². The summed E-state index contributed by atoms with van der Waals surface area (Å²) in [5.74, 6) is 0.742. The molecule has 0 unspecified atom stereocenters. The Kier molecular flexibility index (Phi) is 3.32. The summed E-state index contributed by atoms with van der Waals surface area (Å²) in [5.41, 5.74) is 9.27. The Bertz CT molecular complexity index is 860. The van der Waals surface area contributed by atoms with Crippen LogP contribution < -0.4 is 11.1 Å². The van der Waals surface area contributed by atoms with Crippen molar-refractivity contribution in [2.24, 2.45) is 0 Å². The lowest BCUT2D eigenvalue weighted by Crippen LogP contribution is -1.98. The molecule has 104 valence electrons. The molecule has 0 fully saturated rings. The minimum atomic E-state index is 0.442. The van der Waals surface area contributed by atoms with Crippen LogP contribution in [0.25, 0.3) is 11.0 Å². The van der Waals surface area contributed by atoms with Gasteiger partial charge < -0.3 is 15.5 Å². The number of rotatable bonds is 2. The Hall–Kier alpha value is -2.45. The van der Waals surface area contributed by atoms with Crippen LogP contribution in [0.3, 0.4) is 0 Å². The number of nitrogens with two attached hydrogens (primary N) is 1. The summed E-state index contributed by atoms with van der Waals surface area (Å²) in [5, 5.41) is 13.3. The zero-order valence-electron chi connectivity index (χ0n) is 11.3. The molecular formula is C16H12BrN3O. The lowest BCUT2D eigenvalue weighted by atomic mass is 10.1. The highest BCUT2D eigenvalue weighted by atomic mass is 79.9. The summed E-state index contributed by atoms with van der Waals surface area (Å²) in [6, 6.07) is 13.4. The molecule has 0 radical (unpaired) electrons. The molecule has 0 amide bonds. The third kappa shape index (κ3) is 2.46. The van der Waals surface area contributed by atoms with E-state index in [1.807, 2.05) is 37.3 Å². The molecule has 0 bridgehead atoms. The quantitative estimate of drug-likeness (QED) is 0.662. The Labute approximate surface area is 130 Å². The predicted octanol–water partition coefficient (Wildman–Crippen LogP) is 4.70. The van der Waals surface area contributed by atoms with Crippen molar-refractivity contribution in [3.8, 4) is 6.07 Å². The number of hydrogen-bond donors (Lipinski definition) is 2. The summed E-state index contributed by atoms with van der Waals surface area (Å²) in [4.78, 5) is 0. The second-order valence-electron chi connectivity index (χ2n) is 4.73. The van der Waals surface area contributed by atoms with E-state index in [1.54, 1.807) is 6.07 Å². The van der Waals surface area contributed by atoms with Crippen LogP contribution in [0.4, 0.5) is 17.1 Å². The van der Waals surface area contributed by atoms with Crippen LogP contribution in [0, 0.1) is 18.3 Å². The van der Waals surface area contributed by atoms with Crippen molar-refractivity contribution in [3.05, 3.63) is 52.2 Å². The van der Waals surface area contributed by atoms with Crippen LogP contribution >= 0.6 is 15.9 Å². The van der Waals surface area contributed by atoms with E-state index in [1.165, 1.54) is 0 Å². The first kappa shape index (κ1) is 13.5. The molecule has 1 heterocycles. The minimum absolute atomic E-state index is 0.442. The molecule has 0 aliphatic carbocycles. The van der Waals surface area contributed by atoms with Crippen LogP contribution in [0.15, 0.2) is 45.3 Å². The molecule has 2 aromatic carbocycles. The number of fused-ring (bicyclic) bond motifs is 1. The number of hydrogen-bond acceptors (Lipinski definition) is 4. The van der Waals surface area contributed by atoms with Crippen molar-refractivity contribution in [2.45, 2.75) is 6.92 Å². The first-order valence-electron chi connectivity index (χ1n) is 6.34. The Balaban J connectivity index is 2.16. The second kappa shape index (κ2) is 5.15. The standard InChI is InChI=1S/C16H12BrN3O/c1-9-6-13-15(20-12-4-2-11(17)3-5-12)14(19)7-10(8-18)16(13)21-9/h2-7,20H,19H2,1H3. The van der Waals surface area contributed by atoms with Crippen molar-refractivity contribution < 1.29 is 4.42 Å². The molecule has 0 atom stereocenters. The molecular weight excluding hydrogens is 330 g/mol. The molecule has 0 saturated heterocycles. The largest absolute Gasteiger partial charge is 0.460 e. The highest BCUT2D eigenvalue weighted by Crippen LogP contribution is 2.36. The number of nitrogens with zero attached hydrogens (tertiary/aromatic N) is 1. The van der Waals surface area contributed by atoms with Crippen molar-refractivity contribution in [2.75, 3.05) is 11.1 Å². The maximum Gasteiger partial charge on any atom is 0.154 e. The molecule has 4 nitrogen and oxygen atoms in total. The lowest BCUT2D eigenvalue weighted by Gasteiger charge is -2.11. The number of anilines is 3. The second-order valence-corrected chi connectivity index (χ2v) is 5.65. The Morgan fingerprint density at radius 3 is 2.62 bits per heavy atom. The third-order valence-electron chi connectivity index (χ3n) is 3.19. The van der Waals surface area contributed by atoms with Gasteiger partial charge in [0.2, 0.25) is 0 Å². The SMILES string of the molecule is Cc1cc2c(Nc3ccc(Br)cc3)c(N)cc(C#N)c2o1. The van der Waals surface area contributed by atoms with Gasteiger partial charge in [-0.2, -0.15) is 5.26 Å². The average molecular weight is 342 g/mol. The third-order valence-corrected chi connectivity index (χ3v) is 3.72. The average Bonchev–Trinajstić information content (AvgIpc) is 2.85. The van der Waals surface area contributed by atoms with E-state index in [0.717, 1.165) is 27.0 Å². The highest BCUT2D eigenvalue weighted by molar-refractivity contribution is 9.10. The van der Waals surface area contributed by atoms with E-state index in [2.05, 4.69) is 27.3 Å². The number of benzene rings is 2. The van der Waals surface area contributed by atoms with Gasteiger partial charge in [0.25, 0.3) is 0 Å². The van der Waals surface area contributed by atoms with Gasteiger partial charge in [0.1, 0.15) is 11.8 Å². The van der Waals surface area contributed by atoms with Gasteiger partial charge in [-0.05, 0) is 43.3 Å². The van der Waals surface area contributed by atoms with Gasteiger partial charge in [-0.3, -0.25) is 0 Å². The molecule has 1 aromatic heterocycles. The van der Waals surface area contributed by atoms with Gasteiger partial charge in [0.05, 0.1) is 16.9 Å². The van der Waals surface area contributed by atoms with E-state index in [9.17, 15) is 5.26 Å². The first-order valence-corrected chi connectivity index (χ1v) is 7.13. The summed E-state index contributed by atoms with van der Waals surface area (Å²) >= 11 is 3.40. The van der Waals surface area contributed by atoms with E-state index >= 15 is 0 Å². The van der Waals surface area contributed by atoms with Gasteiger partial charge in [0.15, 0.2) is 5.58 Å². The van der Waals surface area contributed by atoms with Gasteiger partial charge >= 0.3 is 0 Å². The fourth-order valence-electron chi connectivity index (χ4n) is 2.25. The maximum absolute atomic E-state index is 9.19. The summed E-state index contributed by atoms with van der Waals surface area (Å²) < 4.78 is 6.62. The number of nitrogen functional groups attached to an aromatic ring is 1. The number of halogens is 1. The number of nitrogens with one attached hydrogen (secondary N) is 1. The van der Waals surface area contributed by atoms with Gasteiger partial charge in [0, 0.05) is 15.5 Å². The molecule has 3 N–H and O–H groups in total. The van der Waals surface area contributed by atoms with Crippen molar-refractivity contribution in [1.29, 1.82) is 5.26 Å². The van der Waals surface area contributed by atoms with E-state index in [0.29, 0.717) is 16.8 Å². The number of furan rings is 1. The van der Waals surface area contributed by atoms with Gasteiger partial charge in [-0.1, -0.05) is 15.9 Å². The molecule has 0 spiro atoms.